The lowest BCUT2D eigenvalue weighted by atomic mass is 10.4. The van der Waals surface area contributed by atoms with Crippen LogP contribution in [0.25, 0.3) is 0 Å². The smallest absolute Gasteiger partial charge is 0.319 e. The van der Waals surface area contributed by atoms with Crippen LogP contribution < -0.4 is 0 Å². The lowest BCUT2D eigenvalue weighted by molar-refractivity contribution is -0.137. The minimum absolute atomic E-state index is 0.0413. The van der Waals surface area contributed by atoms with Gasteiger partial charge in [-0.1, -0.05) is 0 Å². The van der Waals surface area contributed by atoms with E-state index in [4.69, 9.17) is 9.84 Å². The molecule has 0 aliphatic carbocycles. The monoisotopic (exact) mass is 218 g/mol. The van der Waals surface area contributed by atoms with E-state index < -0.39 is 5.97 Å². The van der Waals surface area contributed by atoms with E-state index in [-0.39, 0.29) is 19.0 Å². The summed E-state index contributed by atoms with van der Waals surface area (Å²) < 4.78 is 4.83. The van der Waals surface area contributed by atoms with Crippen molar-refractivity contribution in [2.24, 2.45) is 0 Å². The van der Waals surface area contributed by atoms with Crippen molar-refractivity contribution >= 4 is 12.0 Å². The summed E-state index contributed by atoms with van der Waals surface area (Å²) in [5.74, 6) is -0.908. The maximum atomic E-state index is 11.6. The third-order valence-electron chi connectivity index (χ3n) is 1.94. The zero-order valence-electron chi connectivity index (χ0n) is 9.39. The molecule has 0 unspecified atom stereocenters. The van der Waals surface area contributed by atoms with Crippen LogP contribution in [0.4, 0.5) is 4.79 Å². The first-order chi connectivity index (χ1) is 6.99. The van der Waals surface area contributed by atoms with E-state index in [0.717, 1.165) is 0 Å². The van der Waals surface area contributed by atoms with Crippen LogP contribution >= 0.6 is 0 Å². The second-order valence-electron chi connectivity index (χ2n) is 3.26. The van der Waals surface area contributed by atoms with Crippen LogP contribution in [0.2, 0.25) is 0 Å². The van der Waals surface area contributed by atoms with E-state index in [1.54, 1.807) is 21.2 Å². The van der Waals surface area contributed by atoms with Gasteiger partial charge in [0, 0.05) is 34.3 Å². The second-order valence-corrected chi connectivity index (χ2v) is 3.26. The number of carbonyl (C=O) groups is 2. The third kappa shape index (κ3) is 5.90. The summed E-state index contributed by atoms with van der Waals surface area (Å²) >= 11 is 0. The number of ether oxygens (including phenoxy) is 1. The van der Waals surface area contributed by atoms with Gasteiger partial charge in [-0.3, -0.25) is 4.79 Å². The Morgan fingerprint density at radius 2 is 1.73 bits per heavy atom. The van der Waals surface area contributed by atoms with Crippen LogP contribution in [0.3, 0.4) is 0 Å². The number of hydrogen-bond acceptors (Lipinski definition) is 3. The molecular weight excluding hydrogens is 200 g/mol. The Bertz CT molecular complexity index is 220. The van der Waals surface area contributed by atoms with Gasteiger partial charge in [-0.25, -0.2) is 4.79 Å². The first kappa shape index (κ1) is 13.7. The average Bonchev–Trinajstić information content (AvgIpc) is 2.21. The van der Waals surface area contributed by atoms with Crippen LogP contribution in [-0.2, 0) is 9.53 Å². The number of rotatable bonds is 6. The zero-order valence-corrected chi connectivity index (χ0v) is 9.39. The normalized spacial score (nSPS) is 9.80. The maximum Gasteiger partial charge on any atom is 0.319 e. The second kappa shape index (κ2) is 7.05. The summed E-state index contributed by atoms with van der Waals surface area (Å²) in [5.41, 5.74) is 0. The van der Waals surface area contributed by atoms with E-state index in [1.807, 2.05) is 0 Å². The van der Waals surface area contributed by atoms with E-state index >= 15 is 0 Å². The molecule has 0 saturated carbocycles. The molecule has 0 aromatic carbocycles. The standard InChI is InChI=1S/C9H18N2O4/c1-10(5-4-8(12)13)9(14)11(2)6-7-15-3/h4-7H2,1-3H3,(H,12,13). The molecule has 6 nitrogen and oxygen atoms in total. The third-order valence-corrected chi connectivity index (χ3v) is 1.94. The zero-order chi connectivity index (χ0) is 11.8. The summed E-state index contributed by atoms with van der Waals surface area (Å²) in [6.45, 7) is 1.17. The van der Waals surface area contributed by atoms with Gasteiger partial charge in [-0.2, -0.15) is 0 Å². The van der Waals surface area contributed by atoms with Crippen molar-refractivity contribution in [1.29, 1.82) is 0 Å². The SMILES string of the molecule is COCCN(C)C(=O)N(C)CCC(=O)O. The van der Waals surface area contributed by atoms with Gasteiger partial charge < -0.3 is 19.6 Å². The lowest BCUT2D eigenvalue weighted by Crippen LogP contribution is -2.41. The molecule has 0 fully saturated rings. The van der Waals surface area contributed by atoms with Gasteiger partial charge in [0.25, 0.3) is 0 Å². The quantitative estimate of drug-likeness (QED) is 0.686. The van der Waals surface area contributed by atoms with E-state index in [9.17, 15) is 9.59 Å². The van der Waals surface area contributed by atoms with Crippen LogP contribution in [-0.4, -0.2) is 67.8 Å². The Morgan fingerprint density at radius 3 is 2.20 bits per heavy atom. The molecule has 0 saturated heterocycles. The number of carboxylic acids is 1. The predicted molar refractivity (Wildman–Crippen MR) is 54.8 cm³/mol. The van der Waals surface area contributed by atoms with Crippen LogP contribution in [0.15, 0.2) is 0 Å². The summed E-state index contributed by atoms with van der Waals surface area (Å²) in [6, 6.07) is -0.201. The largest absolute Gasteiger partial charge is 0.481 e. The van der Waals surface area contributed by atoms with Crippen molar-refractivity contribution in [3.8, 4) is 0 Å². The van der Waals surface area contributed by atoms with Crippen molar-refractivity contribution in [2.45, 2.75) is 6.42 Å². The van der Waals surface area contributed by atoms with Crippen molar-refractivity contribution < 1.29 is 19.4 Å². The predicted octanol–water partition coefficient (Wildman–Crippen LogP) is 0.0911. The molecule has 0 rings (SSSR count). The number of aliphatic carboxylic acids is 1. The van der Waals surface area contributed by atoms with Gasteiger partial charge in [0.2, 0.25) is 0 Å². The molecule has 0 aliphatic heterocycles. The Balaban J connectivity index is 3.90. The van der Waals surface area contributed by atoms with Gasteiger partial charge in [0.1, 0.15) is 0 Å². The summed E-state index contributed by atoms with van der Waals surface area (Å²) in [5, 5.41) is 8.45. The Hall–Kier alpha value is -1.30. The number of urea groups is 1. The minimum Gasteiger partial charge on any atom is -0.481 e. The highest BCUT2D eigenvalue weighted by Crippen LogP contribution is 1.95. The van der Waals surface area contributed by atoms with E-state index in [2.05, 4.69) is 0 Å². The average molecular weight is 218 g/mol. The van der Waals surface area contributed by atoms with E-state index in [0.29, 0.717) is 13.2 Å². The van der Waals surface area contributed by atoms with Crippen LogP contribution in [0.5, 0.6) is 0 Å². The first-order valence-corrected chi connectivity index (χ1v) is 4.66. The van der Waals surface area contributed by atoms with Crippen molar-refractivity contribution in [3.63, 3.8) is 0 Å². The van der Waals surface area contributed by atoms with Crippen LogP contribution in [0.1, 0.15) is 6.42 Å². The number of methoxy groups -OCH3 is 1. The molecule has 1 N–H and O–H groups in total. The fourth-order valence-corrected chi connectivity index (χ4v) is 0.974. The Kier molecular flexibility index (Phi) is 6.44. The van der Waals surface area contributed by atoms with Gasteiger partial charge >= 0.3 is 12.0 Å². The van der Waals surface area contributed by atoms with Crippen molar-refractivity contribution in [2.75, 3.05) is 40.9 Å². The molecule has 15 heavy (non-hydrogen) atoms. The number of amides is 2. The van der Waals surface area contributed by atoms with Gasteiger partial charge in [0.15, 0.2) is 0 Å². The molecule has 0 radical (unpaired) electrons. The first-order valence-electron chi connectivity index (χ1n) is 4.66. The number of nitrogens with zero attached hydrogens (tertiary/aromatic N) is 2. The molecule has 6 heteroatoms. The summed E-state index contributed by atoms with van der Waals surface area (Å²) in [6.07, 6.45) is -0.0413. The summed E-state index contributed by atoms with van der Waals surface area (Å²) in [4.78, 5) is 24.7. The van der Waals surface area contributed by atoms with Gasteiger partial charge in [-0.15, -0.1) is 0 Å². The molecule has 2 amide bonds. The minimum atomic E-state index is -0.908. The molecule has 0 bridgehead atoms. The topological polar surface area (TPSA) is 70.1 Å². The molecule has 0 spiro atoms. The van der Waals surface area contributed by atoms with Crippen LogP contribution in [0, 0.1) is 0 Å². The molecule has 0 aliphatic rings. The van der Waals surface area contributed by atoms with E-state index in [1.165, 1.54) is 9.80 Å². The molecule has 0 heterocycles. The number of likely N-dealkylation sites (N-methyl/N-ethyl adjacent to an activating group) is 1. The lowest BCUT2D eigenvalue weighted by Gasteiger charge is -2.24. The van der Waals surface area contributed by atoms with Gasteiger partial charge in [0.05, 0.1) is 13.0 Å². The molecule has 0 aromatic heterocycles. The highest BCUT2D eigenvalue weighted by Gasteiger charge is 2.14. The van der Waals surface area contributed by atoms with Crippen molar-refractivity contribution in [3.05, 3.63) is 0 Å². The number of carboxylic acid groups (broad SMARTS) is 1. The highest BCUT2D eigenvalue weighted by molar-refractivity contribution is 5.74. The van der Waals surface area contributed by atoms with Gasteiger partial charge in [-0.05, 0) is 0 Å². The highest BCUT2D eigenvalue weighted by atomic mass is 16.5. The molecule has 88 valence electrons. The molecular formula is C9H18N2O4. The Labute approximate surface area is 89.4 Å². The number of hydrogen-bond donors (Lipinski definition) is 1. The van der Waals surface area contributed by atoms with Crippen molar-refractivity contribution in [1.82, 2.24) is 9.80 Å². The molecule has 0 atom stereocenters. The summed E-state index contributed by atoms with van der Waals surface area (Å²) in [7, 11) is 4.79. The fourth-order valence-electron chi connectivity index (χ4n) is 0.974. The maximum absolute atomic E-state index is 11.6. The molecule has 0 aromatic rings. The fraction of sp³-hybridized carbons (Fsp3) is 0.778. The Morgan fingerprint density at radius 1 is 1.20 bits per heavy atom. The number of carbonyl (C=O) groups excluding carboxylic acids is 1.